The summed E-state index contributed by atoms with van der Waals surface area (Å²) in [5, 5.41) is 19.0. The minimum Gasteiger partial charge on any atom is -0.506 e. The summed E-state index contributed by atoms with van der Waals surface area (Å²) in [7, 11) is 0. The third-order valence-corrected chi connectivity index (χ3v) is 4.08. The van der Waals surface area contributed by atoms with Gasteiger partial charge in [0.05, 0.1) is 11.4 Å². The summed E-state index contributed by atoms with van der Waals surface area (Å²) in [6, 6.07) is 10.7. The van der Waals surface area contributed by atoms with Crippen LogP contribution in [0, 0.1) is 5.92 Å². The molecule has 2 aromatic rings. The van der Waals surface area contributed by atoms with Gasteiger partial charge in [0.25, 0.3) is 0 Å². The fraction of sp³-hybridized carbons (Fsp3) is 0.294. The highest BCUT2D eigenvalue weighted by atomic mass is 16.3. The zero-order valence-corrected chi connectivity index (χ0v) is 12.4. The van der Waals surface area contributed by atoms with Crippen molar-refractivity contribution in [2.24, 2.45) is 5.92 Å². The van der Waals surface area contributed by atoms with E-state index in [1.807, 2.05) is 24.3 Å². The zero-order chi connectivity index (χ0) is 15.6. The van der Waals surface area contributed by atoms with E-state index in [0.29, 0.717) is 23.2 Å². The van der Waals surface area contributed by atoms with Crippen LogP contribution >= 0.6 is 0 Å². The Labute approximate surface area is 125 Å². The predicted octanol–water partition coefficient (Wildman–Crippen LogP) is 3.24. The van der Waals surface area contributed by atoms with Crippen LogP contribution in [0.15, 0.2) is 36.4 Å². The van der Waals surface area contributed by atoms with Crippen molar-refractivity contribution in [2.45, 2.75) is 26.2 Å². The molecule has 0 bridgehead atoms. The average Bonchev–Trinajstić information content (AvgIpc) is 2.45. The Morgan fingerprint density at radius 2 is 1.48 bits per heavy atom. The monoisotopic (exact) mass is 286 g/mol. The lowest BCUT2D eigenvalue weighted by Gasteiger charge is -2.21. The highest BCUT2D eigenvalue weighted by Crippen LogP contribution is 2.32. The lowest BCUT2D eigenvalue weighted by atomic mass is 9.84. The molecule has 2 aromatic carbocycles. The van der Waals surface area contributed by atoms with E-state index in [1.165, 1.54) is 0 Å². The van der Waals surface area contributed by atoms with Gasteiger partial charge >= 0.3 is 0 Å². The first-order chi connectivity index (χ1) is 9.88. The summed E-state index contributed by atoms with van der Waals surface area (Å²) in [6.07, 6.45) is 0.854. The number of phenolic OH excluding ortho intramolecular Hbond substituents is 2. The minimum atomic E-state index is 0.116. The molecule has 112 valence electrons. The van der Waals surface area contributed by atoms with Crippen molar-refractivity contribution in [3.05, 3.63) is 47.5 Å². The molecule has 0 saturated carbocycles. The number of rotatable bonds is 4. The van der Waals surface area contributed by atoms with Gasteiger partial charge in [0.15, 0.2) is 0 Å². The van der Waals surface area contributed by atoms with Crippen molar-refractivity contribution in [2.75, 3.05) is 11.5 Å². The minimum absolute atomic E-state index is 0.116. The zero-order valence-electron chi connectivity index (χ0n) is 12.4. The molecule has 0 aliphatic heterocycles. The van der Waals surface area contributed by atoms with E-state index >= 15 is 0 Å². The number of hydrogen-bond donors (Lipinski definition) is 4. The Balaban J connectivity index is 2.13. The van der Waals surface area contributed by atoms with Crippen LogP contribution in [0.5, 0.6) is 11.5 Å². The van der Waals surface area contributed by atoms with Crippen LogP contribution in [-0.4, -0.2) is 10.2 Å². The van der Waals surface area contributed by atoms with Crippen molar-refractivity contribution < 1.29 is 10.2 Å². The number of benzene rings is 2. The second-order valence-electron chi connectivity index (χ2n) is 5.68. The van der Waals surface area contributed by atoms with Crippen LogP contribution in [0.3, 0.4) is 0 Å². The van der Waals surface area contributed by atoms with Crippen molar-refractivity contribution >= 4 is 11.4 Å². The van der Waals surface area contributed by atoms with Crippen molar-refractivity contribution in [1.82, 2.24) is 0 Å². The number of aromatic hydroxyl groups is 2. The fourth-order valence-electron chi connectivity index (χ4n) is 2.46. The lowest BCUT2D eigenvalue weighted by molar-refractivity contribution is 0.470. The van der Waals surface area contributed by atoms with Gasteiger partial charge in [0.1, 0.15) is 11.5 Å². The van der Waals surface area contributed by atoms with Crippen LogP contribution in [0.2, 0.25) is 0 Å². The van der Waals surface area contributed by atoms with Gasteiger partial charge in [0.2, 0.25) is 0 Å². The number of anilines is 2. The van der Waals surface area contributed by atoms with Gasteiger partial charge in [-0.15, -0.1) is 0 Å². The van der Waals surface area contributed by atoms with E-state index in [-0.39, 0.29) is 11.5 Å². The van der Waals surface area contributed by atoms with E-state index in [1.54, 1.807) is 12.1 Å². The summed E-state index contributed by atoms with van der Waals surface area (Å²) < 4.78 is 0. The quantitative estimate of drug-likeness (QED) is 0.513. The molecule has 0 aliphatic rings. The van der Waals surface area contributed by atoms with E-state index in [0.717, 1.165) is 17.5 Å². The molecular formula is C17H22N2O2. The largest absolute Gasteiger partial charge is 0.506 e. The first kappa shape index (κ1) is 15.0. The highest BCUT2D eigenvalue weighted by molar-refractivity contribution is 5.54. The summed E-state index contributed by atoms with van der Waals surface area (Å²) in [4.78, 5) is 0. The normalized spacial score (nSPS) is 13.8. The van der Waals surface area contributed by atoms with Crippen LogP contribution < -0.4 is 11.5 Å². The van der Waals surface area contributed by atoms with Gasteiger partial charge in [-0.25, -0.2) is 0 Å². The molecule has 4 heteroatoms. The van der Waals surface area contributed by atoms with Crippen molar-refractivity contribution in [3.8, 4) is 11.5 Å². The van der Waals surface area contributed by atoms with Gasteiger partial charge in [0, 0.05) is 0 Å². The third-order valence-electron chi connectivity index (χ3n) is 4.08. The smallest absolute Gasteiger partial charge is 0.138 e. The van der Waals surface area contributed by atoms with E-state index in [9.17, 15) is 10.2 Å². The number of phenols is 2. The van der Waals surface area contributed by atoms with Crippen molar-refractivity contribution in [1.29, 1.82) is 0 Å². The van der Waals surface area contributed by atoms with E-state index in [4.69, 9.17) is 11.5 Å². The second kappa shape index (κ2) is 5.95. The molecule has 2 rings (SSSR count). The average molecular weight is 286 g/mol. The summed E-state index contributed by atoms with van der Waals surface area (Å²) >= 11 is 0. The molecule has 0 heterocycles. The molecule has 0 fully saturated rings. The molecule has 21 heavy (non-hydrogen) atoms. The van der Waals surface area contributed by atoms with Gasteiger partial charge < -0.3 is 21.7 Å². The van der Waals surface area contributed by atoms with Gasteiger partial charge in [-0.3, -0.25) is 0 Å². The molecule has 0 aliphatic carbocycles. The van der Waals surface area contributed by atoms with Crippen LogP contribution in [0.25, 0.3) is 0 Å². The predicted molar refractivity (Wildman–Crippen MR) is 86.3 cm³/mol. The summed E-state index contributed by atoms with van der Waals surface area (Å²) in [5.41, 5.74) is 14.5. The fourth-order valence-corrected chi connectivity index (χ4v) is 2.46. The Morgan fingerprint density at radius 3 is 2.05 bits per heavy atom. The number of nitrogens with two attached hydrogens (primary N) is 2. The Bertz CT molecular complexity index is 641. The van der Waals surface area contributed by atoms with Gasteiger partial charge in [-0.1, -0.05) is 26.0 Å². The highest BCUT2D eigenvalue weighted by Gasteiger charge is 2.16. The van der Waals surface area contributed by atoms with Crippen molar-refractivity contribution in [3.63, 3.8) is 0 Å². The van der Waals surface area contributed by atoms with E-state index in [2.05, 4.69) is 13.8 Å². The van der Waals surface area contributed by atoms with E-state index < -0.39 is 0 Å². The summed E-state index contributed by atoms with van der Waals surface area (Å²) in [6.45, 7) is 4.30. The van der Waals surface area contributed by atoms with Crippen LogP contribution in [0.1, 0.15) is 30.9 Å². The Hall–Kier alpha value is -2.36. The molecule has 0 radical (unpaired) electrons. The third kappa shape index (κ3) is 3.40. The molecule has 2 unspecified atom stereocenters. The molecule has 2 atom stereocenters. The number of nitrogen functional groups attached to an aromatic ring is 2. The Morgan fingerprint density at radius 1 is 0.905 bits per heavy atom. The van der Waals surface area contributed by atoms with Gasteiger partial charge in [-0.2, -0.15) is 0 Å². The molecule has 4 nitrogen and oxygen atoms in total. The van der Waals surface area contributed by atoms with Gasteiger partial charge in [-0.05, 0) is 53.6 Å². The standard InChI is InChI=1S/C17H22N2O2/c1-10(7-12-3-5-16(20)14(18)8-12)11(2)13-4-6-17(21)15(19)9-13/h3-6,8-11,20-21H,7,18-19H2,1-2H3. The summed E-state index contributed by atoms with van der Waals surface area (Å²) in [5.74, 6) is 0.900. The van der Waals surface area contributed by atoms with Crippen LogP contribution in [0.4, 0.5) is 11.4 Å². The molecule has 0 spiro atoms. The first-order valence-electron chi connectivity index (χ1n) is 7.04. The second-order valence-corrected chi connectivity index (χ2v) is 5.68. The SMILES string of the molecule is CC(Cc1ccc(O)c(N)c1)C(C)c1ccc(O)c(N)c1. The molecule has 0 saturated heterocycles. The topological polar surface area (TPSA) is 92.5 Å². The first-order valence-corrected chi connectivity index (χ1v) is 7.04. The molecule has 0 aromatic heterocycles. The molecule has 0 amide bonds. The Kier molecular flexibility index (Phi) is 4.26. The number of hydrogen-bond acceptors (Lipinski definition) is 4. The molecular weight excluding hydrogens is 264 g/mol. The maximum absolute atomic E-state index is 9.49. The molecule has 6 N–H and O–H groups in total. The van der Waals surface area contributed by atoms with Crippen LogP contribution in [-0.2, 0) is 6.42 Å². The maximum Gasteiger partial charge on any atom is 0.138 e. The lowest BCUT2D eigenvalue weighted by Crippen LogP contribution is -2.10. The maximum atomic E-state index is 9.49.